The van der Waals surface area contributed by atoms with E-state index in [0.29, 0.717) is 30.2 Å². The molecule has 3 amide bonds. The van der Waals surface area contributed by atoms with Crippen molar-refractivity contribution in [3.05, 3.63) is 59.7 Å². The molecule has 0 atom stereocenters. The summed E-state index contributed by atoms with van der Waals surface area (Å²) in [6.45, 7) is 0.894. The molecule has 1 aliphatic rings. The number of rotatable bonds is 8. The van der Waals surface area contributed by atoms with Gasteiger partial charge < -0.3 is 14.8 Å². The Bertz CT molecular complexity index is 847. The van der Waals surface area contributed by atoms with Crippen LogP contribution in [-0.4, -0.2) is 42.9 Å². The van der Waals surface area contributed by atoms with Crippen molar-refractivity contribution in [1.82, 2.24) is 10.2 Å². The Morgan fingerprint density at radius 1 is 1.00 bits per heavy atom. The highest BCUT2D eigenvalue weighted by Crippen LogP contribution is 2.25. The Labute approximate surface area is 163 Å². The molecule has 1 heterocycles. The van der Waals surface area contributed by atoms with E-state index in [1.807, 2.05) is 12.1 Å². The maximum Gasteiger partial charge on any atom is 0.251 e. The number of nitrogens with one attached hydrogen (secondary N) is 1. The van der Waals surface area contributed by atoms with E-state index in [-0.39, 0.29) is 37.1 Å². The van der Waals surface area contributed by atoms with Crippen LogP contribution in [0.4, 0.5) is 0 Å². The number of benzene rings is 2. The molecular weight excluding hydrogens is 360 g/mol. The quantitative estimate of drug-likeness (QED) is 0.559. The number of carbonyl (C=O) groups excluding carboxylic acids is 3. The van der Waals surface area contributed by atoms with Gasteiger partial charge in [0.2, 0.25) is 11.8 Å². The highest BCUT2D eigenvalue weighted by atomic mass is 16.5. The summed E-state index contributed by atoms with van der Waals surface area (Å²) in [4.78, 5) is 36.8. The average molecular weight is 382 g/mol. The monoisotopic (exact) mass is 382 g/mol. The third-order valence-corrected chi connectivity index (χ3v) is 4.43. The highest BCUT2D eigenvalue weighted by Gasteiger charge is 2.28. The molecule has 0 radical (unpaired) electrons. The van der Waals surface area contributed by atoms with Crippen LogP contribution in [0.5, 0.6) is 11.5 Å². The molecule has 0 saturated carbocycles. The fraction of sp³-hybridized carbons (Fsp3) is 0.286. The summed E-state index contributed by atoms with van der Waals surface area (Å²) in [6.07, 6.45) is 0.548. The summed E-state index contributed by atoms with van der Waals surface area (Å²) in [6, 6.07) is 14.2. The van der Waals surface area contributed by atoms with Gasteiger partial charge in [-0.05, 0) is 29.8 Å². The molecule has 3 rings (SSSR count). The minimum atomic E-state index is -0.219. The van der Waals surface area contributed by atoms with E-state index in [1.54, 1.807) is 43.5 Å². The van der Waals surface area contributed by atoms with Gasteiger partial charge in [0.05, 0.1) is 20.2 Å². The van der Waals surface area contributed by atoms with E-state index >= 15 is 0 Å². The molecule has 1 saturated heterocycles. The van der Waals surface area contributed by atoms with Crippen molar-refractivity contribution < 1.29 is 23.9 Å². The molecular formula is C21H22N2O5. The van der Waals surface area contributed by atoms with Crippen LogP contribution < -0.4 is 14.8 Å². The SMILES string of the molecule is COc1ccccc1OCCNC(=O)c1ccc(CN2C(=O)CCC2=O)cc1. The molecule has 28 heavy (non-hydrogen) atoms. The third kappa shape index (κ3) is 4.68. The van der Waals surface area contributed by atoms with Crippen LogP contribution in [0.3, 0.4) is 0 Å². The number of methoxy groups -OCH3 is 1. The van der Waals surface area contributed by atoms with Gasteiger partial charge in [-0.25, -0.2) is 0 Å². The van der Waals surface area contributed by atoms with Crippen LogP contribution in [0.15, 0.2) is 48.5 Å². The average Bonchev–Trinajstić information content (AvgIpc) is 3.04. The van der Waals surface area contributed by atoms with Gasteiger partial charge in [0.25, 0.3) is 5.91 Å². The fourth-order valence-electron chi connectivity index (χ4n) is 2.91. The van der Waals surface area contributed by atoms with Crippen molar-refractivity contribution in [3.8, 4) is 11.5 Å². The number of imide groups is 1. The molecule has 1 N–H and O–H groups in total. The first-order valence-corrected chi connectivity index (χ1v) is 9.04. The van der Waals surface area contributed by atoms with Crippen molar-refractivity contribution >= 4 is 17.7 Å². The van der Waals surface area contributed by atoms with E-state index in [0.717, 1.165) is 5.56 Å². The van der Waals surface area contributed by atoms with Crippen molar-refractivity contribution in [2.75, 3.05) is 20.3 Å². The maximum absolute atomic E-state index is 12.2. The van der Waals surface area contributed by atoms with E-state index in [1.165, 1.54) is 4.90 Å². The van der Waals surface area contributed by atoms with Crippen LogP contribution in [0.1, 0.15) is 28.8 Å². The first kappa shape index (κ1) is 19.4. The van der Waals surface area contributed by atoms with Crippen LogP contribution in [0, 0.1) is 0 Å². The molecule has 7 heteroatoms. The summed E-state index contributed by atoms with van der Waals surface area (Å²) in [5.74, 6) is 0.737. The lowest BCUT2D eigenvalue weighted by atomic mass is 10.1. The lowest BCUT2D eigenvalue weighted by Gasteiger charge is -2.14. The van der Waals surface area contributed by atoms with E-state index < -0.39 is 0 Å². The molecule has 0 aliphatic carbocycles. The third-order valence-electron chi connectivity index (χ3n) is 4.43. The number of hydrogen-bond donors (Lipinski definition) is 1. The Kier molecular flexibility index (Phi) is 6.26. The topological polar surface area (TPSA) is 84.9 Å². The maximum atomic E-state index is 12.2. The van der Waals surface area contributed by atoms with Gasteiger partial charge in [0.1, 0.15) is 6.61 Å². The minimum Gasteiger partial charge on any atom is -0.493 e. The fourth-order valence-corrected chi connectivity index (χ4v) is 2.91. The number of ether oxygens (including phenoxy) is 2. The standard InChI is InChI=1S/C21H22N2O5/c1-27-17-4-2-3-5-18(17)28-13-12-22-21(26)16-8-6-15(7-9-16)14-23-19(24)10-11-20(23)25/h2-9H,10-14H2,1H3,(H,22,26). The Morgan fingerprint density at radius 2 is 1.64 bits per heavy atom. The van der Waals surface area contributed by atoms with Crippen molar-refractivity contribution in [3.63, 3.8) is 0 Å². The van der Waals surface area contributed by atoms with E-state index in [9.17, 15) is 14.4 Å². The molecule has 0 spiro atoms. The molecule has 2 aromatic carbocycles. The molecule has 0 aromatic heterocycles. The number of nitrogens with zero attached hydrogens (tertiary/aromatic N) is 1. The highest BCUT2D eigenvalue weighted by molar-refractivity contribution is 6.01. The zero-order valence-electron chi connectivity index (χ0n) is 15.6. The van der Waals surface area contributed by atoms with Gasteiger partial charge in [-0.2, -0.15) is 0 Å². The first-order chi connectivity index (χ1) is 13.6. The summed E-state index contributed by atoms with van der Waals surface area (Å²) in [5.41, 5.74) is 1.31. The number of likely N-dealkylation sites (tertiary alicyclic amines) is 1. The number of amides is 3. The lowest BCUT2D eigenvalue weighted by molar-refractivity contribution is -0.139. The van der Waals surface area contributed by atoms with Gasteiger partial charge >= 0.3 is 0 Å². The summed E-state index contributed by atoms with van der Waals surface area (Å²) < 4.78 is 10.8. The molecule has 1 aliphatic heterocycles. The first-order valence-electron chi connectivity index (χ1n) is 9.04. The zero-order chi connectivity index (χ0) is 19.9. The van der Waals surface area contributed by atoms with Gasteiger partial charge in [-0.1, -0.05) is 24.3 Å². The number of carbonyl (C=O) groups is 3. The van der Waals surface area contributed by atoms with E-state index in [4.69, 9.17) is 9.47 Å². The largest absolute Gasteiger partial charge is 0.493 e. The number of para-hydroxylation sites is 2. The zero-order valence-corrected chi connectivity index (χ0v) is 15.6. The van der Waals surface area contributed by atoms with Gasteiger partial charge in [0.15, 0.2) is 11.5 Å². The molecule has 0 bridgehead atoms. The Hall–Kier alpha value is -3.35. The molecule has 7 nitrogen and oxygen atoms in total. The van der Waals surface area contributed by atoms with Crippen molar-refractivity contribution in [2.24, 2.45) is 0 Å². The summed E-state index contributed by atoms with van der Waals surface area (Å²) >= 11 is 0. The molecule has 2 aromatic rings. The minimum absolute atomic E-state index is 0.151. The smallest absolute Gasteiger partial charge is 0.251 e. The second kappa shape index (κ2) is 9.03. The number of hydrogen-bond acceptors (Lipinski definition) is 5. The lowest BCUT2D eigenvalue weighted by Crippen LogP contribution is -2.29. The summed E-state index contributed by atoms with van der Waals surface area (Å²) in [5, 5.41) is 2.79. The Morgan fingerprint density at radius 3 is 2.29 bits per heavy atom. The van der Waals surface area contributed by atoms with Gasteiger partial charge in [-0.3, -0.25) is 19.3 Å². The van der Waals surface area contributed by atoms with Crippen LogP contribution in [0.2, 0.25) is 0 Å². The molecule has 1 fully saturated rings. The normalized spacial score (nSPS) is 13.5. The van der Waals surface area contributed by atoms with Gasteiger partial charge in [0, 0.05) is 18.4 Å². The second-order valence-corrected chi connectivity index (χ2v) is 6.33. The predicted octanol–water partition coefficient (Wildman–Crippen LogP) is 2.15. The van der Waals surface area contributed by atoms with Crippen molar-refractivity contribution in [2.45, 2.75) is 19.4 Å². The molecule has 0 unspecified atom stereocenters. The van der Waals surface area contributed by atoms with Crippen molar-refractivity contribution in [1.29, 1.82) is 0 Å². The van der Waals surface area contributed by atoms with Crippen LogP contribution in [0.25, 0.3) is 0 Å². The van der Waals surface area contributed by atoms with Gasteiger partial charge in [-0.15, -0.1) is 0 Å². The second-order valence-electron chi connectivity index (χ2n) is 6.33. The van der Waals surface area contributed by atoms with Crippen LogP contribution >= 0.6 is 0 Å². The summed E-state index contributed by atoms with van der Waals surface area (Å²) in [7, 11) is 1.57. The Balaban J connectivity index is 1.47. The van der Waals surface area contributed by atoms with Crippen LogP contribution in [-0.2, 0) is 16.1 Å². The molecule has 146 valence electrons. The predicted molar refractivity (Wildman–Crippen MR) is 102 cm³/mol. The van der Waals surface area contributed by atoms with E-state index in [2.05, 4.69) is 5.32 Å².